The van der Waals surface area contributed by atoms with Crippen molar-refractivity contribution < 1.29 is 23.5 Å². The zero-order valence-electron chi connectivity index (χ0n) is 14.9. The van der Waals surface area contributed by atoms with Gasteiger partial charge < -0.3 is 15.4 Å². The Bertz CT molecular complexity index is 848. The number of anilines is 1. The van der Waals surface area contributed by atoms with Crippen LogP contribution in [0.25, 0.3) is 6.08 Å². The number of carbonyl (C=O) groups is 3. The number of rotatable bonds is 6. The van der Waals surface area contributed by atoms with E-state index in [1.54, 1.807) is 24.3 Å². The third-order valence-corrected chi connectivity index (χ3v) is 3.41. The van der Waals surface area contributed by atoms with Crippen molar-refractivity contribution in [3.8, 4) is 0 Å². The number of nitrogens with one attached hydrogen (secondary N) is 2. The lowest BCUT2D eigenvalue weighted by Gasteiger charge is -2.15. The molecule has 0 bridgehead atoms. The van der Waals surface area contributed by atoms with Gasteiger partial charge in [-0.3, -0.25) is 9.59 Å². The molecule has 2 N–H and O–H groups in total. The van der Waals surface area contributed by atoms with Gasteiger partial charge >= 0.3 is 5.97 Å². The van der Waals surface area contributed by atoms with E-state index in [0.29, 0.717) is 11.3 Å². The first-order valence-corrected chi connectivity index (χ1v) is 8.17. The molecule has 7 heteroatoms. The van der Waals surface area contributed by atoms with Gasteiger partial charge in [-0.05, 0) is 42.8 Å². The molecular formula is C20H19FN2O4. The highest BCUT2D eigenvalue weighted by molar-refractivity contribution is 6.00. The first kappa shape index (κ1) is 19.8. The maximum Gasteiger partial charge on any atom is 0.355 e. The quantitative estimate of drug-likeness (QED) is 0.605. The average Bonchev–Trinajstić information content (AvgIpc) is 2.63. The summed E-state index contributed by atoms with van der Waals surface area (Å²) in [5.41, 5.74) is 0.961. The first-order chi connectivity index (χ1) is 12.8. The molecule has 0 aromatic heterocycles. The second-order valence-electron chi connectivity index (χ2n) is 5.69. The Labute approximate surface area is 156 Å². The van der Waals surface area contributed by atoms with Crippen molar-refractivity contribution in [3.63, 3.8) is 0 Å². The highest BCUT2D eigenvalue weighted by atomic mass is 19.1. The lowest BCUT2D eigenvalue weighted by molar-refractivity contribution is -0.149. The summed E-state index contributed by atoms with van der Waals surface area (Å²) in [6.07, 6.45) is 0.324. The molecule has 0 heterocycles. The zero-order chi connectivity index (χ0) is 19.8. The third-order valence-electron chi connectivity index (χ3n) is 3.41. The molecule has 140 valence electrons. The summed E-state index contributed by atoms with van der Waals surface area (Å²) in [5.74, 6) is -2.32. The van der Waals surface area contributed by atoms with Crippen LogP contribution in [0.3, 0.4) is 0 Å². The average molecular weight is 370 g/mol. The minimum atomic E-state index is -1.13. The van der Waals surface area contributed by atoms with Crippen molar-refractivity contribution in [2.45, 2.75) is 20.0 Å². The Kier molecular flexibility index (Phi) is 6.82. The number of carbonyl (C=O) groups excluding carboxylic acids is 3. The highest BCUT2D eigenvalue weighted by Gasteiger charge is 2.21. The zero-order valence-corrected chi connectivity index (χ0v) is 14.9. The minimum Gasteiger partial charge on any atom is -0.448 e. The smallest absolute Gasteiger partial charge is 0.355 e. The van der Waals surface area contributed by atoms with Gasteiger partial charge in [0.2, 0.25) is 5.91 Å². The van der Waals surface area contributed by atoms with Crippen LogP contribution < -0.4 is 10.6 Å². The van der Waals surface area contributed by atoms with Gasteiger partial charge in [-0.1, -0.05) is 30.3 Å². The lowest BCUT2D eigenvalue weighted by atomic mass is 10.2. The third kappa shape index (κ3) is 6.39. The molecule has 0 aliphatic carbocycles. The van der Waals surface area contributed by atoms with Crippen molar-refractivity contribution in [2.24, 2.45) is 0 Å². The van der Waals surface area contributed by atoms with Crippen LogP contribution in [0, 0.1) is 5.82 Å². The summed E-state index contributed by atoms with van der Waals surface area (Å²) >= 11 is 0. The molecule has 2 aromatic rings. The Morgan fingerprint density at radius 2 is 1.67 bits per heavy atom. The van der Waals surface area contributed by atoms with E-state index in [4.69, 9.17) is 4.74 Å². The summed E-state index contributed by atoms with van der Waals surface area (Å²) < 4.78 is 18.0. The van der Waals surface area contributed by atoms with Crippen LogP contribution in [-0.2, 0) is 19.1 Å². The van der Waals surface area contributed by atoms with Gasteiger partial charge in [0.15, 0.2) is 6.10 Å². The first-order valence-electron chi connectivity index (χ1n) is 8.17. The summed E-state index contributed by atoms with van der Waals surface area (Å²) in [6.45, 7) is 2.65. The largest absolute Gasteiger partial charge is 0.448 e. The highest BCUT2D eigenvalue weighted by Crippen LogP contribution is 2.11. The van der Waals surface area contributed by atoms with E-state index in [9.17, 15) is 18.8 Å². The predicted octanol–water partition coefficient (Wildman–Crippen LogP) is 2.87. The van der Waals surface area contributed by atoms with E-state index in [-0.39, 0.29) is 5.70 Å². The number of amides is 2. The maximum atomic E-state index is 12.9. The van der Waals surface area contributed by atoms with Crippen LogP contribution in [0.4, 0.5) is 10.1 Å². The van der Waals surface area contributed by atoms with E-state index >= 15 is 0 Å². The molecule has 0 aliphatic heterocycles. The second-order valence-corrected chi connectivity index (χ2v) is 5.69. The van der Waals surface area contributed by atoms with Gasteiger partial charge in [0.1, 0.15) is 11.5 Å². The van der Waals surface area contributed by atoms with Crippen molar-refractivity contribution in [1.82, 2.24) is 5.32 Å². The Morgan fingerprint density at radius 3 is 2.26 bits per heavy atom. The van der Waals surface area contributed by atoms with Crippen molar-refractivity contribution in [1.29, 1.82) is 0 Å². The van der Waals surface area contributed by atoms with Crippen LogP contribution in [0.1, 0.15) is 19.4 Å². The van der Waals surface area contributed by atoms with Crippen LogP contribution >= 0.6 is 0 Å². The fraction of sp³-hybridized carbons (Fsp3) is 0.150. The molecule has 0 saturated carbocycles. The Balaban J connectivity index is 2.06. The number of hydrogen-bond donors (Lipinski definition) is 2. The van der Waals surface area contributed by atoms with Crippen LogP contribution in [0.15, 0.2) is 60.3 Å². The molecule has 27 heavy (non-hydrogen) atoms. The fourth-order valence-electron chi connectivity index (χ4n) is 2.11. The number of ether oxygens (including phenoxy) is 1. The molecule has 6 nitrogen and oxygen atoms in total. The van der Waals surface area contributed by atoms with Gasteiger partial charge in [0.05, 0.1) is 0 Å². The van der Waals surface area contributed by atoms with E-state index in [2.05, 4.69) is 10.6 Å². The Morgan fingerprint density at radius 1 is 1.04 bits per heavy atom. The molecule has 0 aliphatic rings. The lowest BCUT2D eigenvalue weighted by Crippen LogP contribution is -2.33. The van der Waals surface area contributed by atoms with Crippen LogP contribution in [0.5, 0.6) is 0 Å². The van der Waals surface area contributed by atoms with E-state index in [0.717, 1.165) is 0 Å². The Hall–Kier alpha value is -3.48. The van der Waals surface area contributed by atoms with Gasteiger partial charge in [0.25, 0.3) is 5.91 Å². The molecule has 0 spiro atoms. The minimum absolute atomic E-state index is 0.0878. The normalized spacial score (nSPS) is 12.0. The molecule has 0 saturated heterocycles. The molecule has 0 radical (unpaired) electrons. The topological polar surface area (TPSA) is 84.5 Å². The molecule has 2 rings (SSSR count). The number of esters is 1. The van der Waals surface area contributed by atoms with E-state index in [1.807, 2.05) is 6.07 Å². The van der Waals surface area contributed by atoms with Crippen molar-refractivity contribution in [2.75, 3.05) is 5.32 Å². The fourth-order valence-corrected chi connectivity index (χ4v) is 2.11. The monoisotopic (exact) mass is 370 g/mol. The molecule has 0 fully saturated rings. The van der Waals surface area contributed by atoms with E-state index in [1.165, 1.54) is 44.2 Å². The van der Waals surface area contributed by atoms with Gasteiger partial charge in [-0.2, -0.15) is 0 Å². The van der Waals surface area contributed by atoms with Crippen molar-refractivity contribution in [3.05, 3.63) is 71.7 Å². The second kappa shape index (κ2) is 9.28. The number of halogens is 1. The molecular weight excluding hydrogens is 351 g/mol. The van der Waals surface area contributed by atoms with Gasteiger partial charge in [-0.15, -0.1) is 0 Å². The maximum absolute atomic E-state index is 12.9. The van der Waals surface area contributed by atoms with Crippen LogP contribution in [-0.4, -0.2) is 23.9 Å². The molecule has 1 atom stereocenters. The molecule has 2 amide bonds. The standard InChI is InChI=1S/C20H19FN2O4/c1-13(19(25)23-17-10-8-16(21)9-11-17)27-20(26)18(22-14(2)24)12-15-6-4-3-5-7-15/h3-13H,1-2H3,(H,22,24)(H,23,25)/b18-12-/t13-/m0/s1. The molecule has 2 aromatic carbocycles. The SMILES string of the molecule is CC(=O)N/C(=C\c1ccccc1)C(=O)O[C@@H](C)C(=O)Nc1ccc(F)cc1. The predicted molar refractivity (Wildman–Crippen MR) is 98.8 cm³/mol. The van der Waals surface area contributed by atoms with E-state index < -0.39 is 29.7 Å². The summed E-state index contributed by atoms with van der Waals surface area (Å²) in [5, 5.41) is 4.92. The summed E-state index contributed by atoms with van der Waals surface area (Å²) in [7, 11) is 0. The molecule has 0 unspecified atom stereocenters. The van der Waals surface area contributed by atoms with Crippen LogP contribution in [0.2, 0.25) is 0 Å². The number of benzene rings is 2. The summed E-state index contributed by atoms with van der Waals surface area (Å²) in [4.78, 5) is 35.9. The van der Waals surface area contributed by atoms with Gasteiger partial charge in [0, 0.05) is 12.6 Å². The summed E-state index contributed by atoms with van der Waals surface area (Å²) in [6, 6.07) is 14.0. The number of hydrogen-bond acceptors (Lipinski definition) is 4. The van der Waals surface area contributed by atoms with Gasteiger partial charge in [-0.25, -0.2) is 9.18 Å². The van der Waals surface area contributed by atoms with Crippen molar-refractivity contribution >= 4 is 29.5 Å².